The number of carbonyl (C=O) groups excluding carboxylic acids is 2. The Morgan fingerprint density at radius 3 is 2.15 bits per heavy atom. The molecule has 3 aromatic carbocycles. The summed E-state index contributed by atoms with van der Waals surface area (Å²) in [4.78, 5) is 29.8. The normalized spacial score (nSPS) is 13.7. The number of anilines is 1. The zero-order valence-corrected chi connectivity index (χ0v) is 19.7. The van der Waals surface area contributed by atoms with Crippen LogP contribution in [0.25, 0.3) is 5.57 Å². The highest BCUT2D eigenvalue weighted by Crippen LogP contribution is 2.41. The quantitative estimate of drug-likeness (QED) is 0.344. The van der Waals surface area contributed by atoms with Crippen LogP contribution >= 0.6 is 11.8 Å². The lowest BCUT2D eigenvalue weighted by molar-refractivity contribution is -0.119. The summed E-state index contributed by atoms with van der Waals surface area (Å²) >= 11 is 1.33. The van der Waals surface area contributed by atoms with Crippen LogP contribution in [0.2, 0.25) is 0 Å². The molecular formula is C28H27NO3S. The van der Waals surface area contributed by atoms with Crippen molar-refractivity contribution in [3.8, 4) is 5.75 Å². The van der Waals surface area contributed by atoms with Crippen molar-refractivity contribution in [2.24, 2.45) is 0 Å². The van der Waals surface area contributed by atoms with Gasteiger partial charge in [-0.3, -0.25) is 9.59 Å². The molecule has 5 heteroatoms. The molecule has 4 rings (SSSR count). The molecule has 0 fully saturated rings. The number of hydrogen-bond donors (Lipinski definition) is 0. The van der Waals surface area contributed by atoms with E-state index in [-0.39, 0.29) is 11.8 Å². The highest BCUT2D eigenvalue weighted by Gasteiger charge is 2.40. The van der Waals surface area contributed by atoms with E-state index < -0.39 is 0 Å². The lowest BCUT2D eigenvalue weighted by atomic mass is 10.1. The molecule has 4 nitrogen and oxygen atoms in total. The van der Waals surface area contributed by atoms with Crippen LogP contribution in [0.3, 0.4) is 0 Å². The van der Waals surface area contributed by atoms with Gasteiger partial charge in [-0.05, 0) is 67.3 Å². The highest BCUT2D eigenvalue weighted by molar-refractivity contribution is 8.04. The van der Waals surface area contributed by atoms with Crippen LogP contribution in [0.4, 0.5) is 5.69 Å². The minimum absolute atomic E-state index is 0.293. The van der Waals surface area contributed by atoms with Gasteiger partial charge in [-0.15, -0.1) is 0 Å². The first-order chi connectivity index (χ1) is 16.1. The van der Waals surface area contributed by atoms with E-state index in [1.54, 1.807) is 0 Å². The SMILES string of the molecule is CCCCc1ccc(N2C(=O)C(Sc3ccccc3)=C(c3ccc(OCC)cc3)C2=O)cc1. The monoisotopic (exact) mass is 457 g/mol. The van der Waals surface area contributed by atoms with Crippen LogP contribution in [0.1, 0.15) is 37.8 Å². The van der Waals surface area contributed by atoms with Crippen LogP contribution in [-0.4, -0.2) is 18.4 Å². The Balaban J connectivity index is 1.70. The predicted molar refractivity (Wildman–Crippen MR) is 134 cm³/mol. The second-order valence-electron chi connectivity index (χ2n) is 7.79. The fraction of sp³-hybridized carbons (Fsp3) is 0.214. The van der Waals surface area contributed by atoms with E-state index in [0.29, 0.717) is 28.3 Å². The van der Waals surface area contributed by atoms with Gasteiger partial charge < -0.3 is 4.74 Å². The molecule has 0 N–H and O–H groups in total. The summed E-state index contributed by atoms with van der Waals surface area (Å²) in [6.45, 7) is 4.65. The Labute approximate surface area is 199 Å². The fourth-order valence-electron chi connectivity index (χ4n) is 3.78. The number of ether oxygens (including phenoxy) is 1. The van der Waals surface area contributed by atoms with E-state index in [0.717, 1.165) is 29.9 Å². The van der Waals surface area contributed by atoms with E-state index in [1.807, 2.05) is 85.8 Å². The van der Waals surface area contributed by atoms with Crippen LogP contribution in [0.5, 0.6) is 5.75 Å². The fourth-order valence-corrected chi connectivity index (χ4v) is 4.79. The van der Waals surface area contributed by atoms with Gasteiger partial charge in [-0.25, -0.2) is 4.90 Å². The largest absolute Gasteiger partial charge is 0.494 e. The summed E-state index contributed by atoms with van der Waals surface area (Å²) in [5.41, 5.74) is 2.93. The number of carbonyl (C=O) groups is 2. The summed E-state index contributed by atoms with van der Waals surface area (Å²) in [6, 6.07) is 24.8. The average Bonchev–Trinajstić information content (AvgIpc) is 3.08. The Morgan fingerprint density at radius 2 is 1.52 bits per heavy atom. The summed E-state index contributed by atoms with van der Waals surface area (Å²) in [5.74, 6) is 0.137. The first kappa shape index (κ1) is 22.9. The molecule has 1 aliphatic heterocycles. The molecule has 0 saturated carbocycles. The van der Waals surface area contributed by atoms with Crippen molar-refractivity contribution in [3.63, 3.8) is 0 Å². The standard InChI is InChI=1S/C28H27NO3S/c1-3-5-9-20-12-16-22(17-13-20)29-27(30)25(21-14-18-23(19-15-21)32-4-2)26(28(29)31)33-24-10-7-6-8-11-24/h6-8,10-19H,3-5,9H2,1-2H3. The molecule has 0 aromatic heterocycles. The van der Waals surface area contributed by atoms with Crippen molar-refractivity contribution in [1.82, 2.24) is 0 Å². The summed E-state index contributed by atoms with van der Waals surface area (Å²) < 4.78 is 5.54. The number of amides is 2. The van der Waals surface area contributed by atoms with Gasteiger partial charge in [0.25, 0.3) is 11.8 Å². The van der Waals surface area contributed by atoms with Crippen molar-refractivity contribution < 1.29 is 14.3 Å². The molecule has 0 atom stereocenters. The Kier molecular flexibility index (Phi) is 7.30. The maximum Gasteiger partial charge on any atom is 0.272 e. The molecule has 1 heterocycles. The van der Waals surface area contributed by atoms with E-state index in [1.165, 1.54) is 22.2 Å². The van der Waals surface area contributed by atoms with E-state index >= 15 is 0 Å². The third kappa shape index (κ3) is 5.04. The summed E-state index contributed by atoms with van der Waals surface area (Å²) in [5, 5.41) is 0. The first-order valence-corrected chi connectivity index (χ1v) is 12.1. The van der Waals surface area contributed by atoms with E-state index in [4.69, 9.17) is 4.74 Å². The second-order valence-corrected chi connectivity index (χ2v) is 8.88. The maximum atomic E-state index is 13.6. The summed E-state index contributed by atoms with van der Waals surface area (Å²) in [6.07, 6.45) is 3.23. The van der Waals surface area contributed by atoms with Crippen molar-refractivity contribution >= 4 is 34.8 Å². The van der Waals surface area contributed by atoms with Crippen molar-refractivity contribution in [1.29, 1.82) is 0 Å². The molecule has 2 amide bonds. The molecule has 3 aromatic rings. The molecule has 0 bridgehead atoms. The van der Waals surface area contributed by atoms with Crippen molar-refractivity contribution in [2.45, 2.75) is 38.0 Å². The third-order valence-corrected chi connectivity index (χ3v) is 6.56. The third-order valence-electron chi connectivity index (χ3n) is 5.47. The second kappa shape index (κ2) is 10.5. The van der Waals surface area contributed by atoms with Gasteiger partial charge in [0, 0.05) is 4.90 Å². The van der Waals surface area contributed by atoms with Crippen LogP contribution in [-0.2, 0) is 16.0 Å². The average molecular weight is 458 g/mol. The molecule has 0 radical (unpaired) electrons. The summed E-state index contributed by atoms with van der Waals surface area (Å²) in [7, 11) is 0. The first-order valence-electron chi connectivity index (χ1n) is 11.3. The molecule has 33 heavy (non-hydrogen) atoms. The zero-order valence-electron chi connectivity index (χ0n) is 18.9. The zero-order chi connectivity index (χ0) is 23.2. The number of nitrogens with zero attached hydrogens (tertiary/aromatic N) is 1. The molecule has 0 unspecified atom stereocenters. The number of hydrogen-bond acceptors (Lipinski definition) is 4. The van der Waals surface area contributed by atoms with E-state index in [9.17, 15) is 9.59 Å². The number of imide groups is 1. The lowest BCUT2D eigenvalue weighted by Crippen LogP contribution is -2.31. The topological polar surface area (TPSA) is 46.6 Å². The van der Waals surface area contributed by atoms with Crippen LogP contribution in [0.15, 0.2) is 88.7 Å². The minimum Gasteiger partial charge on any atom is -0.494 e. The molecule has 0 spiro atoms. The van der Waals surface area contributed by atoms with Crippen LogP contribution in [0, 0.1) is 0 Å². The molecular weight excluding hydrogens is 430 g/mol. The molecule has 1 aliphatic rings. The predicted octanol–water partition coefficient (Wildman–Crippen LogP) is 6.50. The highest BCUT2D eigenvalue weighted by atomic mass is 32.2. The minimum atomic E-state index is -0.302. The van der Waals surface area contributed by atoms with Gasteiger partial charge in [0.15, 0.2) is 0 Å². The van der Waals surface area contributed by atoms with Gasteiger partial charge in [0.2, 0.25) is 0 Å². The van der Waals surface area contributed by atoms with Crippen molar-refractivity contribution in [2.75, 3.05) is 11.5 Å². The Morgan fingerprint density at radius 1 is 0.818 bits per heavy atom. The number of aryl methyl sites for hydroxylation is 1. The molecule has 0 saturated heterocycles. The number of benzene rings is 3. The van der Waals surface area contributed by atoms with Gasteiger partial charge >= 0.3 is 0 Å². The smallest absolute Gasteiger partial charge is 0.272 e. The van der Waals surface area contributed by atoms with Gasteiger partial charge in [-0.2, -0.15) is 0 Å². The van der Waals surface area contributed by atoms with Crippen LogP contribution < -0.4 is 9.64 Å². The Bertz CT molecular complexity index is 1150. The van der Waals surface area contributed by atoms with Gasteiger partial charge in [0.05, 0.1) is 22.8 Å². The van der Waals surface area contributed by atoms with Crippen molar-refractivity contribution in [3.05, 3.63) is 94.9 Å². The van der Waals surface area contributed by atoms with Gasteiger partial charge in [-0.1, -0.05) is 67.6 Å². The lowest BCUT2D eigenvalue weighted by Gasteiger charge is -2.16. The maximum absolute atomic E-state index is 13.6. The molecule has 0 aliphatic carbocycles. The number of rotatable bonds is 9. The van der Waals surface area contributed by atoms with Gasteiger partial charge in [0.1, 0.15) is 5.75 Å². The Hall–Kier alpha value is -3.31. The number of thioether (sulfide) groups is 1. The number of unbranched alkanes of at least 4 members (excludes halogenated alkanes) is 1. The molecule has 168 valence electrons. The van der Waals surface area contributed by atoms with E-state index in [2.05, 4.69) is 6.92 Å².